The third-order valence-corrected chi connectivity index (χ3v) is 7.59. The molecule has 0 fully saturated rings. The summed E-state index contributed by atoms with van der Waals surface area (Å²) in [6.07, 6.45) is 0. The lowest BCUT2D eigenvalue weighted by atomic mass is 9.85. The summed E-state index contributed by atoms with van der Waals surface area (Å²) in [4.78, 5) is 2.89. The maximum absolute atomic E-state index is 13.2. The number of hydrogen-bond acceptors (Lipinski definition) is 5. The van der Waals surface area contributed by atoms with Crippen molar-refractivity contribution in [3.8, 4) is 0 Å². The minimum atomic E-state index is -2.67. The highest BCUT2D eigenvalue weighted by molar-refractivity contribution is 7.98. The van der Waals surface area contributed by atoms with Gasteiger partial charge in [0.1, 0.15) is 0 Å². The van der Waals surface area contributed by atoms with Gasteiger partial charge in [-0.3, -0.25) is 0 Å². The smallest absolute Gasteiger partial charge is 0.0701 e. The lowest BCUT2D eigenvalue weighted by Gasteiger charge is -2.33. The van der Waals surface area contributed by atoms with Crippen LogP contribution in [-0.4, -0.2) is 68.1 Å². The topological polar surface area (TPSA) is 76.8 Å². The first-order chi connectivity index (χ1) is 15.3. The fourth-order valence-electron chi connectivity index (χ4n) is 3.83. The van der Waals surface area contributed by atoms with E-state index in [1.165, 1.54) is 0 Å². The molecule has 0 bridgehead atoms. The minimum Gasteiger partial charge on any atom is -0.378 e. The monoisotopic (exact) mass is 499 g/mol. The van der Waals surface area contributed by atoms with Gasteiger partial charge >= 0.3 is 0 Å². The van der Waals surface area contributed by atoms with E-state index in [0.717, 1.165) is 29.8 Å². The quantitative estimate of drug-likeness (QED) is 0.366. The molecule has 1 aliphatic heterocycles. The zero-order valence-corrected chi connectivity index (χ0v) is 20.6. The number of nitrogens with zero attached hydrogens (tertiary/aromatic N) is 1. The largest absolute Gasteiger partial charge is 0.378 e. The molecule has 6 nitrogen and oxygen atoms in total. The van der Waals surface area contributed by atoms with E-state index in [4.69, 9.17) is 38.4 Å². The normalized spacial score (nSPS) is 18.3. The number of nitrogens with one attached hydrogen (secondary N) is 1. The summed E-state index contributed by atoms with van der Waals surface area (Å²) in [5.74, 6) is 4.02. The molecule has 3 rings (SSSR count). The first-order valence-electron chi connectivity index (χ1n) is 10.6. The van der Waals surface area contributed by atoms with E-state index < -0.39 is 9.71 Å². The number of ether oxygens (including phenoxy) is 2. The van der Waals surface area contributed by atoms with Gasteiger partial charge in [0.25, 0.3) is 0 Å². The average molecular weight is 500 g/mol. The van der Waals surface area contributed by atoms with Gasteiger partial charge in [0.2, 0.25) is 0 Å². The van der Waals surface area contributed by atoms with Gasteiger partial charge in [0.05, 0.1) is 36.1 Å². The molecule has 0 aliphatic carbocycles. The van der Waals surface area contributed by atoms with Gasteiger partial charge in [0.15, 0.2) is 0 Å². The van der Waals surface area contributed by atoms with Crippen LogP contribution in [0.1, 0.15) is 22.6 Å². The molecule has 32 heavy (non-hydrogen) atoms. The van der Waals surface area contributed by atoms with E-state index in [9.17, 15) is 4.21 Å². The predicted octanol–water partition coefficient (Wildman–Crippen LogP) is 3.14. The predicted molar refractivity (Wildman–Crippen MR) is 133 cm³/mol. The van der Waals surface area contributed by atoms with E-state index in [1.807, 2.05) is 30.3 Å². The number of fused-ring (bicyclic) bond motifs is 1. The number of rotatable bonds is 11. The van der Waals surface area contributed by atoms with E-state index >= 15 is 0 Å². The number of halogens is 2. The van der Waals surface area contributed by atoms with Crippen LogP contribution >= 0.6 is 23.2 Å². The van der Waals surface area contributed by atoms with E-state index in [2.05, 4.69) is 22.5 Å². The summed E-state index contributed by atoms with van der Waals surface area (Å²) in [5.41, 5.74) is 8.62. The Balaban J connectivity index is 1.69. The van der Waals surface area contributed by atoms with Gasteiger partial charge in [-0.05, 0) is 53.9 Å². The molecule has 0 saturated heterocycles. The summed E-state index contributed by atoms with van der Waals surface area (Å²) < 4.78 is 27.0. The van der Waals surface area contributed by atoms with Crippen LogP contribution in [0.2, 0.25) is 10.0 Å². The molecule has 0 saturated carbocycles. The van der Waals surface area contributed by atoms with Crippen LogP contribution in [0.4, 0.5) is 0 Å². The molecule has 9 heteroatoms. The molecule has 2 unspecified atom stereocenters. The first kappa shape index (κ1) is 25.5. The third kappa shape index (κ3) is 6.68. The molecule has 2 aromatic rings. The summed E-state index contributed by atoms with van der Waals surface area (Å²) >= 11 is 12.8. The molecule has 0 amide bonds. The Labute approximate surface area is 201 Å². The lowest BCUT2D eigenvalue weighted by molar-refractivity contribution is 0.0531. The maximum Gasteiger partial charge on any atom is 0.0701 e. The van der Waals surface area contributed by atoms with Gasteiger partial charge in [-0.25, -0.2) is 8.93 Å². The van der Waals surface area contributed by atoms with Crippen molar-refractivity contribution >= 4 is 38.8 Å². The molecular formula is C23H31Cl2N3O3S. The summed E-state index contributed by atoms with van der Waals surface area (Å²) in [7, 11) is -0.606. The van der Waals surface area contributed by atoms with Crippen LogP contribution < -0.4 is 10.5 Å². The number of benzene rings is 2. The van der Waals surface area contributed by atoms with Crippen LogP contribution in [0.15, 0.2) is 41.3 Å². The van der Waals surface area contributed by atoms with Crippen LogP contribution in [0.5, 0.6) is 0 Å². The van der Waals surface area contributed by atoms with Crippen molar-refractivity contribution < 1.29 is 13.7 Å². The molecular weight excluding hydrogens is 469 g/mol. The molecule has 1 aliphatic rings. The Morgan fingerprint density at radius 1 is 1.19 bits per heavy atom. The highest BCUT2D eigenvalue weighted by atomic mass is 35.5. The summed E-state index contributed by atoms with van der Waals surface area (Å²) in [5, 5.41) is 1.30. The second-order valence-electron chi connectivity index (χ2n) is 7.86. The van der Waals surface area contributed by atoms with Crippen molar-refractivity contribution in [3.05, 3.63) is 63.1 Å². The van der Waals surface area contributed by atoms with E-state index in [1.54, 1.807) is 6.07 Å². The SMILES string of the molecule is C=S(=O)(NCCOCCOCCN)c1cccc(C2CN(C)Cc3c(Cl)cc(Cl)cc32)c1. The van der Waals surface area contributed by atoms with Gasteiger partial charge in [-0.2, -0.15) is 0 Å². The third-order valence-electron chi connectivity index (χ3n) is 5.35. The Morgan fingerprint density at radius 2 is 1.94 bits per heavy atom. The van der Waals surface area contributed by atoms with Gasteiger partial charge in [0, 0.05) is 47.0 Å². The van der Waals surface area contributed by atoms with E-state index in [-0.39, 0.29) is 5.92 Å². The molecule has 176 valence electrons. The Kier molecular flexibility index (Phi) is 9.40. The van der Waals surface area contributed by atoms with Gasteiger partial charge in [-0.1, -0.05) is 35.3 Å². The van der Waals surface area contributed by atoms with Crippen molar-refractivity contribution in [1.29, 1.82) is 0 Å². The molecule has 3 N–H and O–H groups in total. The van der Waals surface area contributed by atoms with Gasteiger partial charge in [-0.15, -0.1) is 0 Å². The van der Waals surface area contributed by atoms with E-state index in [0.29, 0.717) is 54.5 Å². The van der Waals surface area contributed by atoms with Crippen LogP contribution in [0.25, 0.3) is 0 Å². The zero-order chi connectivity index (χ0) is 23.1. The fourth-order valence-corrected chi connectivity index (χ4v) is 5.61. The maximum atomic E-state index is 13.2. The van der Waals surface area contributed by atoms with Crippen molar-refractivity contribution in [3.63, 3.8) is 0 Å². The Morgan fingerprint density at radius 3 is 2.69 bits per heavy atom. The fraction of sp³-hybridized carbons (Fsp3) is 0.435. The Hall–Kier alpha value is -1.16. The van der Waals surface area contributed by atoms with Crippen molar-refractivity contribution in [2.45, 2.75) is 17.4 Å². The molecule has 0 radical (unpaired) electrons. The summed E-state index contributed by atoms with van der Waals surface area (Å²) in [6, 6.07) is 11.5. The number of nitrogens with two attached hydrogens (primary N) is 1. The zero-order valence-electron chi connectivity index (χ0n) is 18.3. The van der Waals surface area contributed by atoms with Crippen LogP contribution in [-0.2, 0) is 25.7 Å². The molecule has 1 heterocycles. The second kappa shape index (κ2) is 11.8. The molecule has 2 atom stereocenters. The van der Waals surface area contributed by atoms with Crippen LogP contribution in [0, 0.1) is 0 Å². The highest BCUT2D eigenvalue weighted by Gasteiger charge is 2.27. The second-order valence-corrected chi connectivity index (χ2v) is 10.8. The molecule has 2 aromatic carbocycles. The van der Waals surface area contributed by atoms with Crippen molar-refractivity contribution in [2.24, 2.45) is 5.73 Å². The summed E-state index contributed by atoms with van der Waals surface area (Å²) in [6.45, 7) is 4.39. The highest BCUT2D eigenvalue weighted by Crippen LogP contribution is 2.38. The standard InChI is InChI=1S/C23H31Cl2N3O3S/c1-28-15-21(20-13-18(24)14-23(25)22(20)16-28)17-4-3-5-19(12-17)32(2,29)27-7-9-31-11-10-30-8-6-26/h3-5,12-14,21H,2,6-11,15-16,26H2,1H3,(H,27,29). The van der Waals surface area contributed by atoms with Gasteiger partial charge < -0.3 is 20.1 Å². The number of hydrogen-bond donors (Lipinski definition) is 2. The van der Waals surface area contributed by atoms with Crippen LogP contribution in [0.3, 0.4) is 0 Å². The molecule has 0 aromatic heterocycles. The number of likely N-dealkylation sites (N-methyl/N-ethyl adjacent to an activating group) is 1. The first-order valence-corrected chi connectivity index (χ1v) is 13.0. The lowest BCUT2D eigenvalue weighted by Crippen LogP contribution is -2.31. The minimum absolute atomic E-state index is 0.0759. The molecule has 0 spiro atoms. The van der Waals surface area contributed by atoms with Crippen molar-refractivity contribution in [1.82, 2.24) is 9.62 Å². The Bertz CT molecular complexity index is 1020. The average Bonchev–Trinajstić information content (AvgIpc) is 2.76. The van der Waals surface area contributed by atoms with Crippen molar-refractivity contribution in [2.75, 3.05) is 53.1 Å².